The van der Waals surface area contributed by atoms with Crippen LogP contribution in [0.25, 0.3) is 0 Å². The van der Waals surface area contributed by atoms with Crippen LogP contribution in [0, 0.1) is 20.8 Å². The number of nitrogens with one attached hydrogen (secondary N) is 2. The van der Waals surface area contributed by atoms with Crippen LogP contribution >= 0.6 is 24.2 Å². The monoisotopic (exact) mass is 357 g/mol. The third-order valence-electron chi connectivity index (χ3n) is 3.71. The van der Waals surface area contributed by atoms with Crippen molar-refractivity contribution in [3.05, 3.63) is 28.8 Å². The van der Waals surface area contributed by atoms with Crippen LogP contribution in [0.3, 0.4) is 0 Å². The number of carbonyl (C=O) groups excluding carboxylic acids is 2. The molecule has 2 rings (SSSR count). The number of amides is 2. The van der Waals surface area contributed by atoms with Gasteiger partial charge in [-0.15, -0.1) is 24.2 Å². The molecule has 0 bridgehead atoms. The van der Waals surface area contributed by atoms with Gasteiger partial charge in [0.15, 0.2) is 0 Å². The highest BCUT2D eigenvalue weighted by molar-refractivity contribution is 7.99. The minimum absolute atomic E-state index is 0. The van der Waals surface area contributed by atoms with Crippen LogP contribution in [0.4, 0.5) is 5.69 Å². The summed E-state index contributed by atoms with van der Waals surface area (Å²) in [7, 11) is 1.67. The molecule has 0 aliphatic carbocycles. The number of likely N-dealkylation sites (N-methyl/N-ethyl adjacent to an activating group) is 1. The topological polar surface area (TPSA) is 61.4 Å². The zero-order valence-electron chi connectivity index (χ0n) is 13.9. The molecule has 1 aliphatic rings. The van der Waals surface area contributed by atoms with Gasteiger partial charge in [0.2, 0.25) is 11.8 Å². The molecule has 1 aromatic rings. The molecule has 0 aromatic heterocycles. The summed E-state index contributed by atoms with van der Waals surface area (Å²) in [6.07, 6.45) is 0. The van der Waals surface area contributed by atoms with Crippen LogP contribution in [0.1, 0.15) is 16.7 Å². The van der Waals surface area contributed by atoms with Crippen molar-refractivity contribution >= 4 is 41.7 Å². The van der Waals surface area contributed by atoms with Gasteiger partial charge < -0.3 is 10.2 Å². The molecule has 7 heteroatoms. The average Bonchev–Trinajstić information content (AvgIpc) is 2.95. The third-order valence-corrected chi connectivity index (χ3v) is 4.65. The molecule has 1 unspecified atom stereocenters. The summed E-state index contributed by atoms with van der Waals surface area (Å²) < 4.78 is 0. The van der Waals surface area contributed by atoms with Crippen LogP contribution in [-0.4, -0.2) is 48.0 Å². The largest absolute Gasteiger partial charge is 0.335 e. The molecule has 1 aromatic carbocycles. The normalized spacial score (nSPS) is 16.6. The van der Waals surface area contributed by atoms with Crippen molar-refractivity contribution in [1.82, 2.24) is 10.2 Å². The van der Waals surface area contributed by atoms with Crippen molar-refractivity contribution < 1.29 is 9.59 Å². The lowest BCUT2D eigenvalue weighted by Gasteiger charge is -2.21. The second kappa shape index (κ2) is 8.57. The van der Waals surface area contributed by atoms with Gasteiger partial charge in [-0.2, -0.15) is 0 Å². The fraction of sp³-hybridized carbons (Fsp3) is 0.500. The standard InChI is InChI=1S/C16H23N3O2S.ClH/c1-10-5-11(2)15(12(3)6-10)18-14(20)7-19(4)16(21)13-8-22-9-17-13;/h5-6,13,17H,7-9H2,1-4H3,(H,18,20);1H. The first-order chi connectivity index (χ1) is 10.4. The van der Waals surface area contributed by atoms with Crippen molar-refractivity contribution in [2.24, 2.45) is 0 Å². The third kappa shape index (κ3) is 5.12. The molecule has 1 saturated heterocycles. The Bertz CT molecular complexity index is 566. The fourth-order valence-corrected chi connectivity index (χ4v) is 3.60. The van der Waals surface area contributed by atoms with E-state index < -0.39 is 0 Å². The summed E-state index contributed by atoms with van der Waals surface area (Å²) in [5.74, 6) is 1.35. The van der Waals surface area contributed by atoms with Gasteiger partial charge in [-0.3, -0.25) is 14.9 Å². The van der Waals surface area contributed by atoms with Crippen molar-refractivity contribution in [3.8, 4) is 0 Å². The zero-order chi connectivity index (χ0) is 16.3. The van der Waals surface area contributed by atoms with Crippen LogP contribution in [0.5, 0.6) is 0 Å². The van der Waals surface area contributed by atoms with Crippen molar-refractivity contribution in [1.29, 1.82) is 0 Å². The predicted molar refractivity (Wildman–Crippen MR) is 98.4 cm³/mol. The van der Waals surface area contributed by atoms with E-state index in [1.54, 1.807) is 18.8 Å². The molecule has 1 heterocycles. The molecule has 2 amide bonds. The number of hydrogen-bond donors (Lipinski definition) is 2. The molecule has 0 saturated carbocycles. The molecular formula is C16H24ClN3O2S. The lowest BCUT2D eigenvalue weighted by Crippen LogP contribution is -2.45. The number of hydrogen-bond acceptors (Lipinski definition) is 4. The highest BCUT2D eigenvalue weighted by Gasteiger charge is 2.26. The van der Waals surface area contributed by atoms with Gasteiger partial charge in [-0.05, 0) is 31.9 Å². The molecule has 128 valence electrons. The average molecular weight is 358 g/mol. The number of carbonyl (C=O) groups is 2. The van der Waals surface area contributed by atoms with E-state index in [9.17, 15) is 9.59 Å². The van der Waals surface area contributed by atoms with Crippen LogP contribution in [-0.2, 0) is 9.59 Å². The molecule has 5 nitrogen and oxygen atoms in total. The summed E-state index contributed by atoms with van der Waals surface area (Å²) in [5, 5.41) is 6.05. The molecule has 23 heavy (non-hydrogen) atoms. The van der Waals surface area contributed by atoms with Gasteiger partial charge in [0.05, 0.1) is 12.6 Å². The Balaban J connectivity index is 0.00000264. The Morgan fingerprint density at radius 2 is 1.91 bits per heavy atom. The SMILES string of the molecule is Cc1cc(C)c(NC(=O)CN(C)C(=O)C2CSCN2)c(C)c1.Cl. The van der Waals surface area contributed by atoms with Crippen LogP contribution < -0.4 is 10.6 Å². The van der Waals surface area contributed by atoms with Crippen LogP contribution in [0.15, 0.2) is 12.1 Å². The molecule has 2 N–H and O–H groups in total. The number of anilines is 1. The molecule has 1 aliphatic heterocycles. The van der Waals surface area contributed by atoms with Gasteiger partial charge in [0.25, 0.3) is 0 Å². The van der Waals surface area contributed by atoms with E-state index in [2.05, 4.69) is 10.6 Å². The van der Waals surface area contributed by atoms with E-state index in [0.717, 1.165) is 28.4 Å². The minimum Gasteiger partial charge on any atom is -0.335 e. The highest BCUT2D eigenvalue weighted by Crippen LogP contribution is 2.21. The summed E-state index contributed by atoms with van der Waals surface area (Å²) in [6.45, 7) is 6.05. The Morgan fingerprint density at radius 3 is 2.43 bits per heavy atom. The molecule has 0 spiro atoms. The van der Waals surface area contributed by atoms with E-state index in [-0.39, 0.29) is 36.8 Å². The van der Waals surface area contributed by atoms with E-state index in [1.807, 2.05) is 32.9 Å². The fourth-order valence-electron chi connectivity index (χ4n) is 2.67. The number of benzene rings is 1. The first kappa shape index (κ1) is 19.8. The van der Waals surface area contributed by atoms with Crippen LogP contribution in [0.2, 0.25) is 0 Å². The van der Waals surface area contributed by atoms with Gasteiger partial charge in [0, 0.05) is 24.4 Å². The Hall–Kier alpha value is -1.24. The maximum Gasteiger partial charge on any atom is 0.243 e. The predicted octanol–water partition coefficient (Wildman–Crippen LogP) is 2.09. The number of rotatable bonds is 4. The summed E-state index contributed by atoms with van der Waals surface area (Å²) in [4.78, 5) is 25.9. The zero-order valence-corrected chi connectivity index (χ0v) is 15.6. The molecule has 1 fully saturated rings. The molecular weight excluding hydrogens is 334 g/mol. The number of aryl methyl sites for hydroxylation is 3. The summed E-state index contributed by atoms with van der Waals surface area (Å²) >= 11 is 1.70. The van der Waals surface area contributed by atoms with Gasteiger partial charge in [-0.25, -0.2) is 0 Å². The van der Waals surface area contributed by atoms with Crippen molar-refractivity contribution in [3.63, 3.8) is 0 Å². The summed E-state index contributed by atoms with van der Waals surface area (Å²) in [6, 6.07) is 3.90. The number of halogens is 1. The van der Waals surface area contributed by atoms with Gasteiger partial charge in [0.1, 0.15) is 0 Å². The molecule has 0 radical (unpaired) electrons. The maximum atomic E-state index is 12.2. The summed E-state index contributed by atoms with van der Waals surface area (Å²) in [5.41, 5.74) is 4.08. The Kier molecular flexibility index (Phi) is 7.38. The van der Waals surface area contributed by atoms with Crippen molar-refractivity contribution in [2.45, 2.75) is 26.8 Å². The first-order valence-electron chi connectivity index (χ1n) is 7.32. The molecule has 1 atom stereocenters. The second-order valence-electron chi connectivity index (χ2n) is 5.79. The van der Waals surface area contributed by atoms with Gasteiger partial charge in [-0.1, -0.05) is 17.7 Å². The lowest BCUT2D eigenvalue weighted by atomic mass is 10.1. The van der Waals surface area contributed by atoms with E-state index in [0.29, 0.717) is 0 Å². The smallest absolute Gasteiger partial charge is 0.243 e. The Morgan fingerprint density at radius 1 is 1.30 bits per heavy atom. The quantitative estimate of drug-likeness (QED) is 0.866. The highest BCUT2D eigenvalue weighted by atomic mass is 35.5. The lowest BCUT2D eigenvalue weighted by molar-refractivity contribution is -0.134. The Labute approximate surface area is 148 Å². The number of thioether (sulfide) groups is 1. The van der Waals surface area contributed by atoms with E-state index >= 15 is 0 Å². The van der Waals surface area contributed by atoms with E-state index in [1.165, 1.54) is 10.5 Å². The first-order valence-corrected chi connectivity index (χ1v) is 8.47. The maximum absolute atomic E-state index is 12.2. The van der Waals surface area contributed by atoms with Gasteiger partial charge >= 0.3 is 0 Å². The van der Waals surface area contributed by atoms with Crippen molar-refractivity contribution in [2.75, 3.05) is 30.5 Å². The number of nitrogens with zero attached hydrogens (tertiary/aromatic N) is 1. The van der Waals surface area contributed by atoms with E-state index in [4.69, 9.17) is 0 Å². The minimum atomic E-state index is -0.175. The second-order valence-corrected chi connectivity index (χ2v) is 6.82.